The second-order valence-electron chi connectivity index (χ2n) is 5.70. The number of amides is 1. The molecule has 0 unspecified atom stereocenters. The lowest BCUT2D eigenvalue weighted by molar-refractivity contribution is 0.0921. The Morgan fingerprint density at radius 1 is 1.11 bits per heavy atom. The Morgan fingerprint density at radius 3 is 2.59 bits per heavy atom. The van der Waals surface area contributed by atoms with Crippen LogP contribution in [-0.4, -0.2) is 17.2 Å². The number of para-hydroxylation sites is 1. The molecule has 1 amide bonds. The lowest BCUT2D eigenvalue weighted by Crippen LogP contribution is -2.22. The van der Waals surface area contributed by atoms with E-state index in [2.05, 4.69) is 21.2 Å². The van der Waals surface area contributed by atoms with Gasteiger partial charge < -0.3 is 14.5 Å². The Labute approximate surface area is 168 Å². The summed E-state index contributed by atoms with van der Waals surface area (Å²) < 4.78 is 24.2. The van der Waals surface area contributed by atoms with Gasteiger partial charge in [0.2, 0.25) is 0 Å². The Kier molecular flexibility index (Phi) is 6.47. The van der Waals surface area contributed by atoms with Crippen LogP contribution in [0.3, 0.4) is 0 Å². The predicted molar refractivity (Wildman–Crippen MR) is 107 cm³/mol. The molecule has 1 aromatic heterocycles. The molecule has 140 valence electrons. The van der Waals surface area contributed by atoms with Crippen molar-refractivity contribution in [2.45, 2.75) is 17.2 Å². The third kappa shape index (κ3) is 5.08. The highest BCUT2D eigenvalue weighted by molar-refractivity contribution is 9.10. The summed E-state index contributed by atoms with van der Waals surface area (Å²) in [6.45, 7) is 0.323. The minimum absolute atomic E-state index is 0.188. The summed E-state index contributed by atoms with van der Waals surface area (Å²) >= 11 is 3.35. The summed E-state index contributed by atoms with van der Waals surface area (Å²) in [5, 5.41) is 2.80. The van der Waals surface area contributed by atoms with Gasteiger partial charge >= 0.3 is 0 Å². The maximum absolute atomic E-state index is 12.4. The quantitative estimate of drug-likeness (QED) is 0.586. The van der Waals surface area contributed by atoms with Crippen LogP contribution in [0.5, 0.6) is 5.75 Å². The van der Waals surface area contributed by atoms with Gasteiger partial charge in [0.1, 0.15) is 11.5 Å². The molecule has 7 heteroatoms. The number of methoxy groups -OCH3 is 1. The number of benzene rings is 2. The third-order valence-corrected chi connectivity index (χ3v) is 5.74. The van der Waals surface area contributed by atoms with Crippen LogP contribution in [0.15, 0.2) is 74.4 Å². The molecule has 0 saturated carbocycles. The summed E-state index contributed by atoms with van der Waals surface area (Å²) in [7, 11) is 0.345. The fourth-order valence-electron chi connectivity index (χ4n) is 2.49. The molecule has 1 heterocycles. The van der Waals surface area contributed by atoms with Crippen molar-refractivity contribution in [2.75, 3.05) is 7.11 Å². The number of halogens is 1. The van der Waals surface area contributed by atoms with E-state index in [0.29, 0.717) is 22.9 Å². The maximum atomic E-state index is 12.4. The highest BCUT2D eigenvalue weighted by atomic mass is 79.9. The molecule has 1 N–H and O–H groups in total. The van der Waals surface area contributed by atoms with Crippen molar-refractivity contribution in [3.63, 3.8) is 0 Å². The van der Waals surface area contributed by atoms with Gasteiger partial charge in [-0.15, -0.1) is 0 Å². The molecule has 3 rings (SSSR count). The number of carbonyl (C=O) groups excluding carboxylic acids is 1. The average molecular weight is 448 g/mol. The third-order valence-electron chi connectivity index (χ3n) is 3.87. The Morgan fingerprint density at radius 2 is 1.85 bits per heavy atom. The van der Waals surface area contributed by atoms with Gasteiger partial charge in [-0.05, 0) is 42.5 Å². The molecule has 1 atom stereocenters. The zero-order valence-electron chi connectivity index (χ0n) is 14.6. The molecule has 0 spiro atoms. The molecule has 3 aromatic rings. The van der Waals surface area contributed by atoms with Gasteiger partial charge in [-0.25, -0.2) is 0 Å². The largest absolute Gasteiger partial charge is 0.496 e. The van der Waals surface area contributed by atoms with Gasteiger partial charge in [0.15, 0.2) is 5.76 Å². The van der Waals surface area contributed by atoms with E-state index in [1.165, 1.54) is 0 Å². The van der Waals surface area contributed by atoms with Crippen molar-refractivity contribution >= 4 is 32.6 Å². The van der Waals surface area contributed by atoms with Crippen molar-refractivity contribution in [1.82, 2.24) is 5.32 Å². The number of hydrogen-bond donors (Lipinski definition) is 1. The number of furan rings is 1. The summed E-state index contributed by atoms with van der Waals surface area (Å²) in [5.41, 5.74) is 0.872. The predicted octanol–water partition coefficient (Wildman–Crippen LogP) is 4.29. The topological polar surface area (TPSA) is 68.5 Å². The first-order chi connectivity index (χ1) is 13.1. The molecule has 0 saturated heterocycles. The van der Waals surface area contributed by atoms with E-state index in [9.17, 15) is 9.00 Å². The minimum Gasteiger partial charge on any atom is -0.496 e. The SMILES string of the molecule is COc1ccccc1CNC(=O)c1ccc(C[S@](=O)c2ccc(Br)cc2)o1. The Hall–Kier alpha value is -2.38. The van der Waals surface area contributed by atoms with E-state index in [1.807, 2.05) is 36.4 Å². The van der Waals surface area contributed by atoms with Gasteiger partial charge in [0.25, 0.3) is 5.91 Å². The van der Waals surface area contributed by atoms with Gasteiger partial charge in [0.05, 0.1) is 23.7 Å². The van der Waals surface area contributed by atoms with E-state index in [1.54, 1.807) is 31.4 Å². The van der Waals surface area contributed by atoms with Gasteiger partial charge in [-0.3, -0.25) is 9.00 Å². The van der Waals surface area contributed by atoms with Crippen molar-refractivity contribution in [1.29, 1.82) is 0 Å². The fraction of sp³-hybridized carbons (Fsp3) is 0.150. The van der Waals surface area contributed by atoms with Crippen molar-refractivity contribution < 1.29 is 18.2 Å². The van der Waals surface area contributed by atoms with Crippen LogP contribution in [-0.2, 0) is 23.1 Å². The standard InChI is InChI=1S/C20H18BrNO4S/c1-25-18-5-3-2-4-14(18)12-22-20(23)19-11-8-16(26-19)13-27(24)17-9-6-15(21)7-10-17/h2-11H,12-13H2,1H3,(H,22,23)/t27-/m0/s1. The van der Waals surface area contributed by atoms with Crippen molar-refractivity contribution in [3.05, 3.63) is 82.2 Å². The molecule has 0 aliphatic rings. The van der Waals surface area contributed by atoms with E-state index in [4.69, 9.17) is 9.15 Å². The zero-order chi connectivity index (χ0) is 19.2. The van der Waals surface area contributed by atoms with Crippen LogP contribution in [0, 0.1) is 0 Å². The molecular weight excluding hydrogens is 430 g/mol. The first-order valence-electron chi connectivity index (χ1n) is 8.19. The number of rotatable bonds is 7. The zero-order valence-corrected chi connectivity index (χ0v) is 17.0. The first-order valence-corrected chi connectivity index (χ1v) is 10.3. The minimum atomic E-state index is -1.24. The summed E-state index contributed by atoms with van der Waals surface area (Å²) in [5.74, 6) is 1.28. The van der Waals surface area contributed by atoms with E-state index < -0.39 is 10.8 Å². The lowest BCUT2D eigenvalue weighted by atomic mass is 10.2. The van der Waals surface area contributed by atoms with Crippen LogP contribution in [0.25, 0.3) is 0 Å². The van der Waals surface area contributed by atoms with E-state index in [0.717, 1.165) is 10.0 Å². The second-order valence-corrected chi connectivity index (χ2v) is 8.07. The average Bonchev–Trinajstić information content (AvgIpc) is 3.15. The highest BCUT2D eigenvalue weighted by Crippen LogP contribution is 2.19. The van der Waals surface area contributed by atoms with Crippen molar-refractivity contribution in [2.24, 2.45) is 0 Å². The van der Waals surface area contributed by atoms with Crippen LogP contribution < -0.4 is 10.1 Å². The Bertz CT molecular complexity index is 953. The number of hydrogen-bond acceptors (Lipinski definition) is 4. The number of carbonyl (C=O) groups is 1. The second kappa shape index (κ2) is 9.01. The normalized spacial score (nSPS) is 11.8. The molecule has 2 aromatic carbocycles. The monoisotopic (exact) mass is 447 g/mol. The lowest BCUT2D eigenvalue weighted by Gasteiger charge is -2.08. The van der Waals surface area contributed by atoms with Crippen molar-refractivity contribution in [3.8, 4) is 5.75 Å². The highest BCUT2D eigenvalue weighted by Gasteiger charge is 2.14. The molecule has 0 radical (unpaired) electrons. The Balaban J connectivity index is 1.60. The summed E-state index contributed by atoms with van der Waals surface area (Å²) in [4.78, 5) is 13.0. The summed E-state index contributed by atoms with van der Waals surface area (Å²) in [6.07, 6.45) is 0. The van der Waals surface area contributed by atoms with Gasteiger partial charge in [0, 0.05) is 21.5 Å². The molecular formula is C20H18BrNO4S. The van der Waals surface area contributed by atoms with E-state index >= 15 is 0 Å². The molecule has 0 bridgehead atoms. The van der Waals surface area contributed by atoms with Crippen LogP contribution in [0.4, 0.5) is 0 Å². The van der Waals surface area contributed by atoms with E-state index in [-0.39, 0.29) is 17.4 Å². The smallest absolute Gasteiger partial charge is 0.287 e. The number of nitrogens with one attached hydrogen (secondary N) is 1. The fourth-order valence-corrected chi connectivity index (χ4v) is 3.77. The van der Waals surface area contributed by atoms with Crippen LogP contribution >= 0.6 is 15.9 Å². The van der Waals surface area contributed by atoms with Crippen LogP contribution in [0.2, 0.25) is 0 Å². The molecule has 0 aliphatic heterocycles. The molecule has 5 nitrogen and oxygen atoms in total. The van der Waals surface area contributed by atoms with Gasteiger partial charge in [-0.1, -0.05) is 34.1 Å². The van der Waals surface area contributed by atoms with Gasteiger partial charge in [-0.2, -0.15) is 0 Å². The molecule has 0 fully saturated rings. The number of ether oxygens (including phenoxy) is 1. The maximum Gasteiger partial charge on any atom is 0.287 e. The summed E-state index contributed by atoms with van der Waals surface area (Å²) in [6, 6.07) is 18.0. The molecule has 27 heavy (non-hydrogen) atoms. The molecule has 0 aliphatic carbocycles. The first kappa shape index (κ1) is 19.4. The van der Waals surface area contributed by atoms with Crippen LogP contribution in [0.1, 0.15) is 21.9 Å².